The molecular formula is C22H22N6O2. The summed E-state index contributed by atoms with van der Waals surface area (Å²) in [6, 6.07) is 10.5. The van der Waals surface area contributed by atoms with Crippen LogP contribution in [-0.4, -0.2) is 57.8 Å². The van der Waals surface area contributed by atoms with Crippen molar-refractivity contribution in [1.82, 2.24) is 19.9 Å². The molecule has 4 rings (SSSR count). The Kier molecular flexibility index (Phi) is 5.65. The van der Waals surface area contributed by atoms with E-state index in [1.54, 1.807) is 54.0 Å². The number of aryl methyl sites for hydroxylation is 1. The molecule has 1 saturated heterocycles. The number of piperazine rings is 1. The maximum atomic E-state index is 13.2. The first-order valence-corrected chi connectivity index (χ1v) is 9.76. The van der Waals surface area contributed by atoms with Crippen LogP contribution in [0.3, 0.4) is 0 Å². The molecule has 8 nitrogen and oxygen atoms in total. The van der Waals surface area contributed by atoms with Crippen LogP contribution in [0.4, 0.5) is 11.6 Å². The summed E-state index contributed by atoms with van der Waals surface area (Å²) in [4.78, 5) is 42.2. The average Bonchev–Trinajstić information content (AvgIpc) is 2.81. The van der Waals surface area contributed by atoms with Gasteiger partial charge in [-0.15, -0.1) is 0 Å². The number of hydrogen-bond acceptors (Lipinski definition) is 6. The largest absolute Gasteiger partial charge is 0.337 e. The predicted molar refractivity (Wildman–Crippen MR) is 114 cm³/mol. The van der Waals surface area contributed by atoms with Crippen molar-refractivity contribution >= 4 is 23.5 Å². The number of amides is 2. The number of rotatable bonds is 4. The molecule has 2 amide bonds. The number of hydrogen-bond donors (Lipinski definition) is 1. The molecule has 0 unspecified atom stereocenters. The molecule has 0 radical (unpaired) electrons. The van der Waals surface area contributed by atoms with Crippen LogP contribution >= 0.6 is 0 Å². The summed E-state index contributed by atoms with van der Waals surface area (Å²) in [6.07, 6.45) is 6.55. The molecule has 3 aromatic rings. The van der Waals surface area contributed by atoms with Gasteiger partial charge < -0.3 is 15.1 Å². The summed E-state index contributed by atoms with van der Waals surface area (Å²) in [5, 5.41) is 2.91. The van der Waals surface area contributed by atoms with Gasteiger partial charge in [0.2, 0.25) is 5.95 Å². The van der Waals surface area contributed by atoms with E-state index in [0.29, 0.717) is 48.9 Å². The maximum Gasteiger partial charge on any atom is 0.256 e. The van der Waals surface area contributed by atoms with Gasteiger partial charge in [-0.05, 0) is 36.8 Å². The molecule has 0 saturated carbocycles. The van der Waals surface area contributed by atoms with Gasteiger partial charge in [-0.3, -0.25) is 14.6 Å². The van der Waals surface area contributed by atoms with Crippen LogP contribution in [-0.2, 0) is 0 Å². The number of nitrogens with zero attached hydrogens (tertiary/aromatic N) is 5. The monoisotopic (exact) mass is 402 g/mol. The highest BCUT2D eigenvalue weighted by molar-refractivity contribution is 6.09. The lowest BCUT2D eigenvalue weighted by molar-refractivity contribution is 0.0747. The Hall–Kier alpha value is -3.81. The zero-order valence-corrected chi connectivity index (χ0v) is 16.7. The van der Waals surface area contributed by atoms with E-state index in [9.17, 15) is 9.59 Å². The smallest absolute Gasteiger partial charge is 0.256 e. The average molecular weight is 402 g/mol. The first-order chi connectivity index (χ1) is 14.6. The minimum atomic E-state index is -0.271. The number of benzene rings is 1. The Morgan fingerprint density at radius 2 is 1.60 bits per heavy atom. The quantitative estimate of drug-likeness (QED) is 0.721. The molecule has 0 aliphatic carbocycles. The fraction of sp³-hybridized carbons (Fsp3) is 0.227. The van der Waals surface area contributed by atoms with E-state index in [0.717, 1.165) is 5.56 Å². The van der Waals surface area contributed by atoms with Crippen molar-refractivity contribution < 1.29 is 9.59 Å². The molecule has 1 aliphatic heterocycles. The van der Waals surface area contributed by atoms with Gasteiger partial charge in [0.1, 0.15) is 0 Å². The number of pyridine rings is 1. The molecule has 2 aromatic heterocycles. The highest BCUT2D eigenvalue weighted by Gasteiger charge is 2.26. The zero-order valence-electron chi connectivity index (χ0n) is 16.7. The lowest BCUT2D eigenvalue weighted by Gasteiger charge is -2.35. The van der Waals surface area contributed by atoms with Crippen LogP contribution in [0.15, 0.2) is 61.2 Å². The minimum absolute atomic E-state index is 0.0997. The molecule has 152 valence electrons. The van der Waals surface area contributed by atoms with E-state index in [-0.39, 0.29) is 11.8 Å². The van der Waals surface area contributed by atoms with Gasteiger partial charge in [0.05, 0.1) is 11.3 Å². The van der Waals surface area contributed by atoms with Crippen molar-refractivity contribution in [3.63, 3.8) is 0 Å². The molecule has 1 aromatic carbocycles. The van der Waals surface area contributed by atoms with Gasteiger partial charge in [0.15, 0.2) is 0 Å². The van der Waals surface area contributed by atoms with Crippen molar-refractivity contribution in [3.05, 3.63) is 77.9 Å². The van der Waals surface area contributed by atoms with E-state index >= 15 is 0 Å². The van der Waals surface area contributed by atoms with Gasteiger partial charge in [0.25, 0.3) is 11.8 Å². The normalized spacial score (nSPS) is 13.8. The number of nitrogens with one attached hydrogen (secondary N) is 1. The second-order valence-electron chi connectivity index (χ2n) is 7.02. The molecule has 3 heterocycles. The van der Waals surface area contributed by atoms with Crippen LogP contribution in [0.1, 0.15) is 26.3 Å². The van der Waals surface area contributed by atoms with Crippen LogP contribution in [0.25, 0.3) is 0 Å². The number of anilines is 2. The highest BCUT2D eigenvalue weighted by atomic mass is 16.2. The Morgan fingerprint density at radius 3 is 2.30 bits per heavy atom. The number of aromatic nitrogens is 3. The third-order valence-corrected chi connectivity index (χ3v) is 5.09. The van der Waals surface area contributed by atoms with Crippen LogP contribution in [0, 0.1) is 6.92 Å². The molecule has 1 N–H and O–H groups in total. The lowest BCUT2D eigenvalue weighted by atomic mass is 10.1. The van der Waals surface area contributed by atoms with Crippen molar-refractivity contribution in [2.75, 3.05) is 36.4 Å². The van der Waals surface area contributed by atoms with E-state index in [1.165, 1.54) is 0 Å². The Labute approximate surface area is 174 Å². The summed E-state index contributed by atoms with van der Waals surface area (Å²) in [5.41, 5.74) is 2.35. The second kappa shape index (κ2) is 8.69. The van der Waals surface area contributed by atoms with Crippen molar-refractivity contribution in [1.29, 1.82) is 0 Å². The Bertz CT molecular complexity index is 1030. The molecule has 8 heteroatoms. The van der Waals surface area contributed by atoms with Gasteiger partial charge in [0, 0.05) is 56.5 Å². The van der Waals surface area contributed by atoms with Crippen LogP contribution in [0.5, 0.6) is 0 Å². The third-order valence-electron chi connectivity index (χ3n) is 5.09. The van der Waals surface area contributed by atoms with Crippen LogP contribution < -0.4 is 10.2 Å². The van der Waals surface area contributed by atoms with E-state index in [2.05, 4.69) is 25.2 Å². The first kappa shape index (κ1) is 19.5. The fourth-order valence-corrected chi connectivity index (χ4v) is 3.44. The van der Waals surface area contributed by atoms with Crippen molar-refractivity contribution in [3.8, 4) is 0 Å². The molecule has 30 heavy (non-hydrogen) atoms. The van der Waals surface area contributed by atoms with Gasteiger partial charge in [-0.1, -0.05) is 12.1 Å². The fourth-order valence-electron chi connectivity index (χ4n) is 3.44. The van der Waals surface area contributed by atoms with Crippen LogP contribution in [0.2, 0.25) is 0 Å². The van der Waals surface area contributed by atoms with E-state index in [4.69, 9.17) is 0 Å². The minimum Gasteiger partial charge on any atom is -0.337 e. The number of carbonyl (C=O) groups excluding carboxylic acids is 2. The van der Waals surface area contributed by atoms with Crippen molar-refractivity contribution in [2.24, 2.45) is 0 Å². The van der Waals surface area contributed by atoms with Gasteiger partial charge in [-0.25, -0.2) is 9.97 Å². The molecular weight excluding hydrogens is 380 g/mol. The summed E-state index contributed by atoms with van der Waals surface area (Å²) >= 11 is 0. The molecule has 0 atom stereocenters. The topological polar surface area (TPSA) is 91.3 Å². The summed E-state index contributed by atoms with van der Waals surface area (Å²) in [6.45, 7) is 4.30. The summed E-state index contributed by atoms with van der Waals surface area (Å²) in [7, 11) is 0. The lowest BCUT2D eigenvalue weighted by Crippen LogP contribution is -2.49. The van der Waals surface area contributed by atoms with E-state index < -0.39 is 0 Å². The zero-order chi connectivity index (χ0) is 20.9. The standard InChI is InChI=1S/C22H22N6O2/c1-16-4-2-5-18(19(16)26-20(29)17-6-10-23-11-7-17)21(30)27-12-14-28(15-13-27)22-24-8-3-9-25-22/h2-11H,12-15H2,1H3,(H,26,29). The van der Waals surface area contributed by atoms with Gasteiger partial charge in [-0.2, -0.15) is 0 Å². The molecule has 1 fully saturated rings. The first-order valence-electron chi connectivity index (χ1n) is 9.76. The molecule has 1 aliphatic rings. The van der Waals surface area contributed by atoms with Gasteiger partial charge >= 0.3 is 0 Å². The second-order valence-corrected chi connectivity index (χ2v) is 7.02. The predicted octanol–water partition coefficient (Wildman–Crippen LogP) is 2.39. The Balaban J connectivity index is 1.50. The summed E-state index contributed by atoms with van der Waals surface area (Å²) in [5.74, 6) is 0.301. The third kappa shape index (κ3) is 4.12. The maximum absolute atomic E-state index is 13.2. The highest BCUT2D eigenvalue weighted by Crippen LogP contribution is 2.24. The van der Waals surface area contributed by atoms with Crippen molar-refractivity contribution in [2.45, 2.75) is 6.92 Å². The summed E-state index contributed by atoms with van der Waals surface area (Å²) < 4.78 is 0. The Morgan fingerprint density at radius 1 is 0.900 bits per heavy atom. The molecule has 0 bridgehead atoms. The van der Waals surface area contributed by atoms with E-state index in [1.807, 2.05) is 19.1 Å². The SMILES string of the molecule is Cc1cccc(C(=O)N2CCN(c3ncccn3)CC2)c1NC(=O)c1ccncc1. The number of carbonyl (C=O) groups is 2. The number of para-hydroxylation sites is 1. The molecule has 0 spiro atoms.